The fraction of sp³-hybridized carbons (Fsp3) is 0.688. The van der Waals surface area contributed by atoms with E-state index in [1.54, 1.807) is 0 Å². The summed E-state index contributed by atoms with van der Waals surface area (Å²) in [5.74, 6) is -0.200. The lowest BCUT2D eigenvalue weighted by molar-refractivity contribution is -0.140. The zero-order chi connectivity index (χ0) is 13.5. The predicted octanol–water partition coefficient (Wildman–Crippen LogP) is 4.80. The summed E-state index contributed by atoms with van der Waals surface area (Å²) in [5, 5.41) is 0. The van der Waals surface area contributed by atoms with Crippen molar-refractivity contribution in [3.63, 3.8) is 0 Å². The Morgan fingerprint density at radius 1 is 0.889 bits per heavy atom. The van der Waals surface area contributed by atoms with E-state index in [4.69, 9.17) is 4.74 Å². The number of unbranched alkanes of at least 4 members (excludes halogenated alkanes) is 5. The van der Waals surface area contributed by atoms with Gasteiger partial charge in [0.2, 0.25) is 0 Å². The van der Waals surface area contributed by atoms with Crippen molar-refractivity contribution < 1.29 is 9.53 Å². The zero-order valence-corrected chi connectivity index (χ0v) is 12.0. The van der Waals surface area contributed by atoms with E-state index in [-0.39, 0.29) is 5.97 Å². The van der Waals surface area contributed by atoms with Gasteiger partial charge in [0.1, 0.15) is 0 Å². The van der Waals surface area contributed by atoms with Crippen LogP contribution in [-0.4, -0.2) is 12.6 Å². The SMILES string of the molecule is CCCCCC/C=C\CC/C=C/CCOC(C)=O. The van der Waals surface area contributed by atoms with E-state index in [0.717, 1.165) is 19.3 Å². The molecular formula is C16H28O2. The molecular weight excluding hydrogens is 224 g/mol. The van der Waals surface area contributed by atoms with Crippen molar-refractivity contribution in [3.8, 4) is 0 Å². The van der Waals surface area contributed by atoms with Crippen LogP contribution in [0.15, 0.2) is 24.3 Å². The zero-order valence-electron chi connectivity index (χ0n) is 12.0. The van der Waals surface area contributed by atoms with E-state index in [0.29, 0.717) is 6.61 Å². The summed E-state index contributed by atoms with van der Waals surface area (Å²) in [5.41, 5.74) is 0. The first kappa shape index (κ1) is 16.9. The second kappa shape index (κ2) is 14.0. The van der Waals surface area contributed by atoms with Gasteiger partial charge in [-0.25, -0.2) is 0 Å². The maximum absolute atomic E-state index is 10.5. The molecule has 0 radical (unpaired) electrons. The molecule has 0 aliphatic rings. The molecule has 0 aliphatic carbocycles. The van der Waals surface area contributed by atoms with Crippen LogP contribution < -0.4 is 0 Å². The first-order valence-corrected chi connectivity index (χ1v) is 7.20. The molecule has 0 rings (SSSR count). The molecule has 0 saturated heterocycles. The molecule has 0 heterocycles. The highest BCUT2D eigenvalue weighted by Crippen LogP contribution is 2.04. The van der Waals surface area contributed by atoms with Crippen LogP contribution in [0.3, 0.4) is 0 Å². The molecule has 0 spiro atoms. The van der Waals surface area contributed by atoms with E-state index in [9.17, 15) is 4.79 Å². The summed E-state index contributed by atoms with van der Waals surface area (Å²) in [7, 11) is 0. The van der Waals surface area contributed by atoms with Crippen LogP contribution in [-0.2, 0) is 9.53 Å². The van der Waals surface area contributed by atoms with Crippen LogP contribution >= 0.6 is 0 Å². The number of rotatable bonds is 11. The molecule has 0 unspecified atom stereocenters. The number of esters is 1. The first-order valence-electron chi connectivity index (χ1n) is 7.20. The van der Waals surface area contributed by atoms with Crippen molar-refractivity contribution in [3.05, 3.63) is 24.3 Å². The molecule has 2 nitrogen and oxygen atoms in total. The highest BCUT2D eigenvalue weighted by Gasteiger charge is 1.88. The molecule has 0 atom stereocenters. The Hall–Kier alpha value is -1.05. The molecule has 0 fully saturated rings. The molecule has 0 aliphatic heterocycles. The third kappa shape index (κ3) is 14.9. The van der Waals surface area contributed by atoms with Crippen molar-refractivity contribution in [1.29, 1.82) is 0 Å². The van der Waals surface area contributed by atoms with Crippen LogP contribution in [0.2, 0.25) is 0 Å². The average Bonchev–Trinajstić information content (AvgIpc) is 2.34. The Morgan fingerprint density at radius 2 is 1.50 bits per heavy atom. The van der Waals surface area contributed by atoms with Gasteiger partial charge < -0.3 is 4.74 Å². The largest absolute Gasteiger partial charge is 0.466 e. The molecule has 0 aromatic heterocycles. The molecule has 2 heteroatoms. The van der Waals surface area contributed by atoms with Crippen LogP contribution in [0.5, 0.6) is 0 Å². The lowest BCUT2D eigenvalue weighted by Crippen LogP contribution is -1.98. The fourth-order valence-electron chi connectivity index (χ4n) is 1.62. The van der Waals surface area contributed by atoms with E-state index < -0.39 is 0 Å². The maximum atomic E-state index is 10.5. The van der Waals surface area contributed by atoms with Gasteiger partial charge >= 0.3 is 5.97 Å². The van der Waals surface area contributed by atoms with Gasteiger partial charge in [0.05, 0.1) is 6.61 Å². The summed E-state index contributed by atoms with van der Waals surface area (Å²) in [6, 6.07) is 0. The first-order chi connectivity index (χ1) is 8.77. The summed E-state index contributed by atoms with van der Waals surface area (Å²) in [4.78, 5) is 10.5. The molecule has 0 bridgehead atoms. The molecule has 18 heavy (non-hydrogen) atoms. The quantitative estimate of drug-likeness (QED) is 0.300. The van der Waals surface area contributed by atoms with Gasteiger partial charge in [-0.2, -0.15) is 0 Å². The monoisotopic (exact) mass is 252 g/mol. The van der Waals surface area contributed by atoms with E-state index in [1.165, 1.54) is 39.0 Å². The topological polar surface area (TPSA) is 26.3 Å². The second-order valence-corrected chi connectivity index (χ2v) is 4.50. The van der Waals surface area contributed by atoms with Crippen LogP contribution in [0.4, 0.5) is 0 Å². The van der Waals surface area contributed by atoms with E-state index >= 15 is 0 Å². The van der Waals surface area contributed by atoms with Crippen molar-refractivity contribution in [2.24, 2.45) is 0 Å². The summed E-state index contributed by atoms with van der Waals surface area (Å²) in [6.45, 7) is 4.18. The minimum atomic E-state index is -0.200. The third-order valence-corrected chi connectivity index (χ3v) is 2.65. The minimum Gasteiger partial charge on any atom is -0.466 e. The normalized spacial score (nSPS) is 11.4. The summed E-state index contributed by atoms with van der Waals surface area (Å²) >= 11 is 0. The fourth-order valence-corrected chi connectivity index (χ4v) is 1.62. The minimum absolute atomic E-state index is 0.200. The molecule has 0 aromatic rings. The van der Waals surface area contributed by atoms with Crippen LogP contribution in [0.1, 0.15) is 65.2 Å². The van der Waals surface area contributed by atoms with Gasteiger partial charge in [0.25, 0.3) is 0 Å². The number of carbonyl (C=O) groups is 1. The Balaban J connectivity index is 3.20. The molecule has 0 N–H and O–H groups in total. The maximum Gasteiger partial charge on any atom is 0.302 e. The van der Waals surface area contributed by atoms with Gasteiger partial charge in [-0.3, -0.25) is 4.79 Å². The van der Waals surface area contributed by atoms with E-state index in [2.05, 4.69) is 31.2 Å². The number of carbonyl (C=O) groups excluding carboxylic acids is 1. The van der Waals surface area contributed by atoms with Gasteiger partial charge in [0, 0.05) is 6.92 Å². The lowest BCUT2D eigenvalue weighted by atomic mass is 10.1. The Morgan fingerprint density at radius 3 is 2.11 bits per heavy atom. The molecule has 104 valence electrons. The molecule has 0 saturated carbocycles. The second-order valence-electron chi connectivity index (χ2n) is 4.50. The van der Waals surface area contributed by atoms with Gasteiger partial charge in [-0.15, -0.1) is 0 Å². The summed E-state index contributed by atoms with van der Waals surface area (Å²) < 4.78 is 4.83. The van der Waals surface area contributed by atoms with Crippen molar-refractivity contribution in [2.45, 2.75) is 65.2 Å². The predicted molar refractivity (Wildman–Crippen MR) is 77.5 cm³/mol. The Labute approximate surface area is 112 Å². The number of hydrogen-bond acceptors (Lipinski definition) is 2. The van der Waals surface area contributed by atoms with E-state index in [1.807, 2.05) is 0 Å². The number of hydrogen-bond donors (Lipinski definition) is 0. The highest BCUT2D eigenvalue weighted by molar-refractivity contribution is 5.65. The smallest absolute Gasteiger partial charge is 0.302 e. The molecule has 0 aromatic carbocycles. The standard InChI is InChI=1S/C16H28O2/c1-3-4-5-6-7-8-9-10-11-12-13-14-15-18-16(2)17/h8-9,12-13H,3-7,10-11,14-15H2,1-2H3/b9-8-,13-12+. The van der Waals surface area contributed by atoms with Crippen LogP contribution in [0, 0.1) is 0 Å². The lowest BCUT2D eigenvalue weighted by Gasteiger charge is -1.96. The third-order valence-electron chi connectivity index (χ3n) is 2.65. The number of ether oxygens (including phenoxy) is 1. The van der Waals surface area contributed by atoms with Crippen molar-refractivity contribution in [2.75, 3.05) is 6.61 Å². The number of allylic oxidation sites excluding steroid dienone is 3. The van der Waals surface area contributed by atoms with Crippen molar-refractivity contribution in [1.82, 2.24) is 0 Å². The molecule has 0 amide bonds. The Kier molecular flexibility index (Phi) is 13.2. The van der Waals surface area contributed by atoms with Gasteiger partial charge in [-0.05, 0) is 32.1 Å². The Bertz CT molecular complexity index is 241. The summed E-state index contributed by atoms with van der Waals surface area (Å²) in [6.07, 6.45) is 18.4. The van der Waals surface area contributed by atoms with Crippen molar-refractivity contribution >= 4 is 5.97 Å². The van der Waals surface area contributed by atoms with Gasteiger partial charge in [-0.1, -0.05) is 50.5 Å². The average molecular weight is 252 g/mol. The van der Waals surface area contributed by atoms with Crippen LogP contribution in [0.25, 0.3) is 0 Å². The van der Waals surface area contributed by atoms with Gasteiger partial charge in [0.15, 0.2) is 0 Å². The highest BCUT2D eigenvalue weighted by atomic mass is 16.5.